The molecule has 4 fully saturated rings. The van der Waals surface area contributed by atoms with Crippen LogP contribution in [0.25, 0.3) is 0 Å². The average molecular weight is 291 g/mol. The second-order valence-corrected chi connectivity index (χ2v) is 9.31. The molecule has 2 nitrogen and oxygen atoms in total. The van der Waals surface area contributed by atoms with Gasteiger partial charge >= 0.3 is 0 Å². The zero-order chi connectivity index (χ0) is 14.8. The van der Waals surface area contributed by atoms with Gasteiger partial charge in [-0.05, 0) is 92.3 Å². The summed E-state index contributed by atoms with van der Waals surface area (Å²) < 4.78 is 0. The fourth-order valence-corrected chi connectivity index (χ4v) is 7.28. The molecular formula is C19H33NO. The third kappa shape index (κ3) is 1.91. The third-order valence-corrected chi connectivity index (χ3v) is 8.71. The number of nitrogens with two attached hydrogens (primary N) is 1. The van der Waals surface area contributed by atoms with Crippen molar-refractivity contribution in [1.29, 1.82) is 0 Å². The number of aliphatic hydroxyl groups is 1. The molecule has 2 heteroatoms. The molecule has 0 aromatic rings. The molecule has 0 aliphatic heterocycles. The van der Waals surface area contributed by atoms with Gasteiger partial charge in [-0.3, -0.25) is 0 Å². The van der Waals surface area contributed by atoms with E-state index in [9.17, 15) is 5.11 Å². The zero-order valence-electron chi connectivity index (χ0n) is 13.9. The molecule has 0 bridgehead atoms. The van der Waals surface area contributed by atoms with Gasteiger partial charge in [0.1, 0.15) is 0 Å². The van der Waals surface area contributed by atoms with Gasteiger partial charge in [0, 0.05) is 6.04 Å². The lowest BCUT2D eigenvalue weighted by Crippen LogP contribution is -2.55. The molecule has 0 aromatic carbocycles. The molecule has 0 aromatic heterocycles. The largest absolute Gasteiger partial charge is 0.393 e. The minimum atomic E-state index is -0.0200. The number of aliphatic hydroxyl groups excluding tert-OH is 1. The van der Waals surface area contributed by atoms with Crippen LogP contribution in [0.4, 0.5) is 0 Å². The van der Waals surface area contributed by atoms with Gasteiger partial charge in [0.05, 0.1) is 6.10 Å². The number of fused-ring (bicyclic) bond motifs is 5. The van der Waals surface area contributed by atoms with Gasteiger partial charge in [-0.15, -0.1) is 0 Å². The van der Waals surface area contributed by atoms with Crippen LogP contribution >= 0.6 is 0 Å². The van der Waals surface area contributed by atoms with Gasteiger partial charge in [-0.2, -0.15) is 0 Å². The van der Waals surface area contributed by atoms with E-state index in [1.54, 1.807) is 0 Å². The van der Waals surface area contributed by atoms with Crippen LogP contribution in [0.5, 0.6) is 0 Å². The highest BCUT2D eigenvalue weighted by molar-refractivity contribution is 5.10. The highest BCUT2D eigenvalue weighted by Crippen LogP contribution is 2.65. The standard InChI is InChI=1S/C19H33NO/c1-18-9-7-13(21)11-12(18)3-4-14-15-5-6-17(20)19(15,2)10-8-16(14)18/h12-17,21H,3-11,20H2,1-2H3/t12-,13+,14-,15+,16-,17-,18+,19+/m0/s1. The molecule has 8 atom stereocenters. The lowest BCUT2D eigenvalue weighted by Gasteiger charge is -2.60. The van der Waals surface area contributed by atoms with Crippen LogP contribution in [0.1, 0.15) is 71.6 Å². The minimum absolute atomic E-state index is 0.0200. The maximum atomic E-state index is 10.1. The van der Waals surface area contributed by atoms with E-state index in [4.69, 9.17) is 5.73 Å². The van der Waals surface area contributed by atoms with Crippen molar-refractivity contribution in [2.45, 2.75) is 83.8 Å². The normalized spacial score (nSPS) is 60.0. The fraction of sp³-hybridized carbons (Fsp3) is 1.00. The third-order valence-electron chi connectivity index (χ3n) is 8.71. The van der Waals surface area contributed by atoms with Crippen molar-refractivity contribution in [2.75, 3.05) is 0 Å². The van der Waals surface area contributed by atoms with Crippen molar-refractivity contribution in [2.24, 2.45) is 40.2 Å². The SMILES string of the molecule is C[C@@]12CC[C@H]3[C@@H](CC[C@H]4C[C@H](O)CC[C@]43C)[C@H]1CC[C@@H]2N. The van der Waals surface area contributed by atoms with Gasteiger partial charge in [-0.1, -0.05) is 13.8 Å². The fourth-order valence-electron chi connectivity index (χ4n) is 7.28. The molecule has 120 valence electrons. The monoisotopic (exact) mass is 291 g/mol. The van der Waals surface area contributed by atoms with Crippen molar-refractivity contribution in [3.63, 3.8) is 0 Å². The Balaban J connectivity index is 1.62. The molecule has 4 aliphatic rings. The molecule has 4 saturated carbocycles. The van der Waals surface area contributed by atoms with Crippen molar-refractivity contribution in [3.8, 4) is 0 Å². The number of rotatable bonds is 0. The summed E-state index contributed by atoms with van der Waals surface area (Å²) in [6, 6.07) is 0.446. The van der Waals surface area contributed by atoms with Gasteiger partial charge in [0.15, 0.2) is 0 Å². The predicted molar refractivity (Wildman–Crippen MR) is 85.7 cm³/mol. The van der Waals surface area contributed by atoms with E-state index in [0.717, 1.165) is 36.5 Å². The molecule has 0 radical (unpaired) electrons. The highest BCUT2D eigenvalue weighted by atomic mass is 16.3. The number of hydrogen-bond acceptors (Lipinski definition) is 2. The molecule has 4 aliphatic carbocycles. The Kier molecular flexibility index (Phi) is 3.25. The van der Waals surface area contributed by atoms with E-state index < -0.39 is 0 Å². The second-order valence-electron chi connectivity index (χ2n) is 9.31. The molecule has 0 heterocycles. The van der Waals surface area contributed by atoms with Crippen LogP contribution in [0.2, 0.25) is 0 Å². The van der Waals surface area contributed by atoms with E-state index in [1.807, 2.05) is 0 Å². The van der Waals surface area contributed by atoms with Gasteiger partial charge in [-0.25, -0.2) is 0 Å². The smallest absolute Gasteiger partial charge is 0.0543 e. The van der Waals surface area contributed by atoms with Crippen LogP contribution in [0.3, 0.4) is 0 Å². The van der Waals surface area contributed by atoms with Crippen LogP contribution in [0, 0.1) is 34.5 Å². The molecule has 3 N–H and O–H groups in total. The second kappa shape index (κ2) is 4.71. The quantitative estimate of drug-likeness (QED) is 0.714. The molecule has 4 rings (SSSR count). The Morgan fingerprint density at radius 1 is 0.857 bits per heavy atom. The Bertz CT molecular complexity index is 424. The summed E-state index contributed by atoms with van der Waals surface area (Å²) in [6.07, 6.45) is 11.5. The zero-order valence-corrected chi connectivity index (χ0v) is 13.9. The van der Waals surface area contributed by atoms with Gasteiger partial charge in [0.2, 0.25) is 0 Å². The van der Waals surface area contributed by atoms with E-state index >= 15 is 0 Å². The van der Waals surface area contributed by atoms with Crippen LogP contribution in [-0.4, -0.2) is 17.3 Å². The average Bonchev–Trinajstić information content (AvgIpc) is 2.76. The first-order valence-electron chi connectivity index (χ1n) is 9.39. The lowest BCUT2D eigenvalue weighted by molar-refractivity contribution is -0.122. The maximum Gasteiger partial charge on any atom is 0.0543 e. The Labute approximate surface area is 129 Å². The van der Waals surface area contributed by atoms with Gasteiger partial charge < -0.3 is 10.8 Å². The first-order valence-corrected chi connectivity index (χ1v) is 9.39. The van der Waals surface area contributed by atoms with E-state index in [0.29, 0.717) is 16.9 Å². The highest BCUT2D eigenvalue weighted by Gasteiger charge is 2.59. The summed E-state index contributed by atoms with van der Waals surface area (Å²) in [5.74, 6) is 3.50. The van der Waals surface area contributed by atoms with Crippen LogP contribution in [-0.2, 0) is 0 Å². The van der Waals surface area contributed by atoms with Crippen molar-refractivity contribution in [3.05, 3.63) is 0 Å². The van der Waals surface area contributed by atoms with E-state index in [1.165, 1.54) is 44.9 Å². The molecule has 0 spiro atoms. The Hall–Kier alpha value is -0.0800. The van der Waals surface area contributed by atoms with Gasteiger partial charge in [0.25, 0.3) is 0 Å². The summed E-state index contributed by atoms with van der Waals surface area (Å²) in [7, 11) is 0. The first kappa shape index (κ1) is 14.5. The molecule has 21 heavy (non-hydrogen) atoms. The van der Waals surface area contributed by atoms with Crippen molar-refractivity contribution < 1.29 is 5.11 Å². The summed E-state index contributed by atoms with van der Waals surface area (Å²) in [5, 5.41) is 10.1. The summed E-state index contributed by atoms with van der Waals surface area (Å²) >= 11 is 0. The lowest BCUT2D eigenvalue weighted by atomic mass is 9.45. The van der Waals surface area contributed by atoms with Crippen LogP contribution < -0.4 is 5.73 Å². The molecular weight excluding hydrogens is 258 g/mol. The summed E-state index contributed by atoms with van der Waals surface area (Å²) in [6.45, 7) is 5.06. The minimum Gasteiger partial charge on any atom is -0.393 e. The molecule has 0 unspecified atom stereocenters. The Morgan fingerprint density at radius 2 is 1.57 bits per heavy atom. The van der Waals surface area contributed by atoms with E-state index in [-0.39, 0.29) is 6.10 Å². The van der Waals surface area contributed by atoms with Crippen molar-refractivity contribution >= 4 is 0 Å². The van der Waals surface area contributed by atoms with E-state index in [2.05, 4.69) is 13.8 Å². The van der Waals surface area contributed by atoms with Crippen LogP contribution in [0.15, 0.2) is 0 Å². The topological polar surface area (TPSA) is 46.2 Å². The maximum absolute atomic E-state index is 10.1. The predicted octanol–water partition coefficient (Wildman–Crippen LogP) is 3.72. The Morgan fingerprint density at radius 3 is 2.38 bits per heavy atom. The summed E-state index contributed by atoms with van der Waals surface area (Å²) in [4.78, 5) is 0. The first-order chi connectivity index (χ1) is 9.95. The summed E-state index contributed by atoms with van der Waals surface area (Å²) in [5.41, 5.74) is 7.43. The number of hydrogen-bond donors (Lipinski definition) is 2. The molecule has 0 amide bonds. The molecule has 0 saturated heterocycles. The van der Waals surface area contributed by atoms with Crippen molar-refractivity contribution in [1.82, 2.24) is 0 Å².